The Morgan fingerprint density at radius 1 is 1.10 bits per heavy atom. The molecule has 4 rings (SSSR count). The Kier molecular flexibility index (Phi) is 5.51. The third kappa shape index (κ3) is 4.11. The molecular formula is C23H25N3O3. The van der Waals surface area contributed by atoms with E-state index in [4.69, 9.17) is 14.6 Å². The molecule has 1 unspecified atom stereocenters. The number of para-hydroxylation sites is 1. The van der Waals surface area contributed by atoms with Gasteiger partial charge in [0.2, 0.25) is 0 Å². The summed E-state index contributed by atoms with van der Waals surface area (Å²) in [7, 11) is 1.61. The Morgan fingerprint density at radius 2 is 1.83 bits per heavy atom. The van der Waals surface area contributed by atoms with Crippen molar-refractivity contribution in [3.8, 4) is 17.2 Å². The van der Waals surface area contributed by atoms with E-state index in [2.05, 4.69) is 17.4 Å². The zero-order valence-electron chi connectivity index (χ0n) is 16.7. The van der Waals surface area contributed by atoms with Crippen molar-refractivity contribution < 1.29 is 14.3 Å². The number of hydrogen-bond donors (Lipinski definition) is 1. The number of methoxy groups -OCH3 is 1. The zero-order chi connectivity index (χ0) is 20.2. The molecule has 2 aromatic carbocycles. The summed E-state index contributed by atoms with van der Waals surface area (Å²) in [5.74, 6) is 1.21. The van der Waals surface area contributed by atoms with Crippen molar-refractivity contribution in [1.82, 2.24) is 15.1 Å². The average Bonchev–Trinajstić information content (AvgIpc) is 3.36. The Hall–Kier alpha value is -3.28. The quantitative estimate of drug-likeness (QED) is 0.670. The normalized spacial score (nSPS) is 13.6. The van der Waals surface area contributed by atoms with Crippen LogP contribution in [0.4, 0.5) is 0 Å². The number of fused-ring (bicyclic) bond motifs is 1. The van der Waals surface area contributed by atoms with E-state index in [9.17, 15) is 4.79 Å². The number of hydrogen-bond acceptors (Lipinski definition) is 4. The summed E-state index contributed by atoms with van der Waals surface area (Å²) in [6.45, 7) is 2.14. The van der Waals surface area contributed by atoms with E-state index in [0.717, 1.165) is 36.4 Å². The number of amides is 1. The standard InChI is InChI=1S/C23H25N3O3/c1-16(29-19-13-11-18(28-2)12-14-19)23(27)24-15-21-20-9-6-10-22(20)26(25-21)17-7-4-3-5-8-17/h3-5,7-8,11-14,16H,6,9-10,15H2,1-2H3,(H,24,27). The van der Waals surface area contributed by atoms with Crippen LogP contribution in [-0.4, -0.2) is 28.9 Å². The van der Waals surface area contributed by atoms with Crippen LogP contribution < -0.4 is 14.8 Å². The van der Waals surface area contributed by atoms with E-state index in [1.54, 1.807) is 38.3 Å². The number of ether oxygens (including phenoxy) is 2. The summed E-state index contributed by atoms with van der Waals surface area (Å²) in [5, 5.41) is 7.76. The van der Waals surface area contributed by atoms with E-state index < -0.39 is 6.10 Å². The SMILES string of the molecule is COc1ccc(OC(C)C(=O)NCc2nn(-c3ccccc3)c3c2CCC3)cc1. The average molecular weight is 391 g/mol. The fraction of sp³-hybridized carbons (Fsp3) is 0.304. The number of carbonyl (C=O) groups is 1. The minimum atomic E-state index is -0.604. The smallest absolute Gasteiger partial charge is 0.261 e. The van der Waals surface area contributed by atoms with Gasteiger partial charge in [-0.2, -0.15) is 5.10 Å². The van der Waals surface area contributed by atoms with Crippen LogP contribution in [0.1, 0.15) is 30.3 Å². The lowest BCUT2D eigenvalue weighted by Gasteiger charge is -2.14. The summed E-state index contributed by atoms with van der Waals surface area (Å²) in [4.78, 5) is 12.5. The van der Waals surface area contributed by atoms with Crippen molar-refractivity contribution in [3.63, 3.8) is 0 Å². The first kappa shape index (κ1) is 19.1. The molecule has 0 fully saturated rings. The van der Waals surface area contributed by atoms with Crippen molar-refractivity contribution in [3.05, 3.63) is 71.5 Å². The molecule has 0 bridgehead atoms. The van der Waals surface area contributed by atoms with Gasteiger partial charge in [0.15, 0.2) is 6.10 Å². The molecule has 0 saturated heterocycles. The van der Waals surface area contributed by atoms with Crippen LogP contribution in [-0.2, 0) is 24.2 Å². The largest absolute Gasteiger partial charge is 0.497 e. The van der Waals surface area contributed by atoms with Crippen LogP contribution in [0, 0.1) is 0 Å². The van der Waals surface area contributed by atoms with E-state index >= 15 is 0 Å². The number of carbonyl (C=O) groups excluding carboxylic acids is 1. The van der Waals surface area contributed by atoms with E-state index in [0.29, 0.717) is 12.3 Å². The molecule has 29 heavy (non-hydrogen) atoms. The Labute approximate surface area is 170 Å². The minimum absolute atomic E-state index is 0.165. The Balaban J connectivity index is 1.41. The molecular weight excluding hydrogens is 366 g/mol. The molecule has 1 heterocycles. The summed E-state index contributed by atoms with van der Waals surface area (Å²) >= 11 is 0. The fourth-order valence-corrected chi connectivity index (χ4v) is 3.67. The lowest BCUT2D eigenvalue weighted by Crippen LogP contribution is -2.36. The minimum Gasteiger partial charge on any atom is -0.497 e. The molecule has 6 heteroatoms. The highest BCUT2D eigenvalue weighted by Crippen LogP contribution is 2.27. The van der Waals surface area contributed by atoms with Gasteiger partial charge in [0.1, 0.15) is 11.5 Å². The number of nitrogens with one attached hydrogen (secondary N) is 1. The van der Waals surface area contributed by atoms with Gasteiger partial charge in [-0.15, -0.1) is 0 Å². The topological polar surface area (TPSA) is 65.4 Å². The molecule has 0 spiro atoms. The zero-order valence-corrected chi connectivity index (χ0v) is 16.7. The van der Waals surface area contributed by atoms with Gasteiger partial charge in [0.05, 0.1) is 25.0 Å². The van der Waals surface area contributed by atoms with Gasteiger partial charge in [-0.3, -0.25) is 4.79 Å². The monoisotopic (exact) mass is 391 g/mol. The van der Waals surface area contributed by atoms with Gasteiger partial charge in [-0.1, -0.05) is 18.2 Å². The molecule has 0 radical (unpaired) electrons. The summed E-state index contributed by atoms with van der Waals surface area (Å²) < 4.78 is 12.9. The fourth-order valence-electron chi connectivity index (χ4n) is 3.67. The number of nitrogens with zero attached hydrogens (tertiary/aromatic N) is 2. The molecule has 0 saturated carbocycles. The van der Waals surface area contributed by atoms with Crippen LogP contribution in [0.3, 0.4) is 0 Å². The van der Waals surface area contributed by atoms with Gasteiger partial charge >= 0.3 is 0 Å². The lowest BCUT2D eigenvalue weighted by molar-refractivity contribution is -0.127. The third-order valence-corrected chi connectivity index (χ3v) is 5.19. The summed E-state index contributed by atoms with van der Waals surface area (Å²) in [5.41, 5.74) is 4.51. The summed E-state index contributed by atoms with van der Waals surface area (Å²) in [6.07, 6.45) is 2.54. The van der Waals surface area contributed by atoms with Crippen molar-refractivity contribution in [1.29, 1.82) is 0 Å². The Bertz CT molecular complexity index is 981. The van der Waals surface area contributed by atoms with E-state index in [1.807, 2.05) is 22.9 Å². The molecule has 1 aromatic heterocycles. The van der Waals surface area contributed by atoms with E-state index in [-0.39, 0.29) is 5.91 Å². The first-order chi connectivity index (χ1) is 14.2. The molecule has 3 aromatic rings. The molecule has 1 N–H and O–H groups in total. The molecule has 1 aliphatic rings. The second-order valence-electron chi connectivity index (χ2n) is 7.13. The molecule has 6 nitrogen and oxygen atoms in total. The van der Waals surface area contributed by atoms with Gasteiger partial charge in [0.25, 0.3) is 5.91 Å². The van der Waals surface area contributed by atoms with Crippen LogP contribution in [0.5, 0.6) is 11.5 Å². The molecule has 0 aliphatic heterocycles. The summed E-state index contributed by atoms with van der Waals surface area (Å²) in [6, 6.07) is 17.3. The first-order valence-electron chi connectivity index (χ1n) is 9.89. The van der Waals surface area contributed by atoms with Crippen molar-refractivity contribution in [2.24, 2.45) is 0 Å². The van der Waals surface area contributed by atoms with Gasteiger partial charge in [-0.25, -0.2) is 4.68 Å². The van der Waals surface area contributed by atoms with Crippen molar-refractivity contribution in [2.75, 3.05) is 7.11 Å². The third-order valence-electron chi connectivity index (χ3n) is 5.19. The predicted molar refractivity (Wildman–Crippen MR) is 111 cm³/mol. The maximum absolute atomic E-state index is 12.5. The van der Waals surface area contributed by atoms with Crippen molar-refractivity contribution >= 4 is 5.91 Å². The van der Waals surface area contributed by atoms with Crippen LogP contribution in [0.15, 0.2) is 54.6 Å². The van der Waals surface area contributed by atoms with E-state index in [1.165, 1.54) is 11.3 Å². The number of aromatic nitrogens is 2. The lowest BCUT2D eigenvalue weighted by atomic mass is 10.2. The maximum Gasteiger partial charge on any atom is 0.261 e. The maximum atomic E-state index is 12.5. The molecule has 1 amide bonds. The molecule has 150 valence electrons. The predicted octanol–water partition coefficient (Wildman–Crippen LogP) is 3.45. The van der Waals surface area contributed by atoms with Gasteiger partial charge in [0, 0.05) is 5.69 Å². The second-order valence-corrected chi connectivity index (χ2v) is 7.13. The van der Waals surface area contributed by atoms with Crippen LogP contribution in [0.2, 0.25) is 0 Å². The van der Waals surface area contributed by atoms with Gasteiger partial charge in [-0.05, 0) is 68.1 Å². The highest BCUT2D eigenvalue weighted by molar-refractivity contribution is 5.80. The first-order valence-corrected chi connectivity index (χ1v) is 9.89. The highest BCUT2D eigenvalue weighted by atomic mass is 16.5. The van der Waals surface area contributed by atoms with Crippen LogP contribution >= 0.6 is 0 Å². The molecule has 1 aliphatic carbocycles. The number of rotatable bonds is 7. The number of benzene rings is 2. The second kappa shape index (κ2) is 8.39. The van der Waals surface area contributed by atoms with Crippen molar-refractivity contribution in [2.45, 2.75) is 38.8 Å². The Morgan fingerprint density at radius 3 is 2.55 bits per heavy atom. The van der Waals surface area contributed by atoms with Crippen LogP contribution in [0.25, 0.3) is 5.69 Å². The highest BCUT2D eigenvalue weighted by Gasteiger charge is 2.24. The van der Waals surface area contributed by atoms with Gasteiger partial charge < -0.3 is 14.8 Å². The molecule has 1 atom stereocenters.